The number of alkyl halides is 2. The average molecular weight is 189 g/mol. The third kappa shape index (κ3) is 8.72. The van der Waals surface area contributed by atoms with Crippen LogP contribution in [-0.4, -0.2) is 34.7 Å². The number of ether oxygens (including phenoxy) is 2. The van der Waals surface area contributed by atoms with Crippen molar-refractivity contribution in [1.82, 2.24) is 0 Å². The number of methoxy groups -OCH3 is 1. The molecule has 0 saturated carbocycles. The monoisotopic (exact) mass is 188 g/mol. The molecule has 0 rings (SSSR count). The van der Waals surface area contributed by atoms with Crippen molar-refractivity contribution in [3.63, 3.8) is 0 Å². The molecule has 2 nitrogen and oxygen atoms in total. The number of hydrogen-bond acceptors (Lipinski definition) is 2. The van der Waals surface area contributed by atoms with Gasteiger partial charge < -0.3 is 9.47 Å². The highest BCUT2D eigenvalue weighted by molar-refractivity contribution is 6.63. The Morgan fingerprint density at radius 2 is 2.00 bits per heavy atom. The molecule has 0 bridgehead atoms. The topological polar surface area (TPSA) is 18.5 Å². The summed E-state index contributed by atoms with van der Waals surface area (Å²) in [5.74, 6) is 0. The summed E-state index contributed by atoms with van der Waals surface area (Å²) in [5.41, 5.74) is 0. The van der Waals surface area contributed by atoms with E-state index in [1.165, 1.54) is 0 Å². The van der Waals surface area contributed by atoms with Crippen LogP contribution in [0.15, 0.2) is 0 Å². The fourth-order valence-electron chi connectivity index (χ4n) is 0.304. The van der Waals surface area contributed by atoms with Crippen molar-refractivity contribution in [2.24, 2.45) is 0 Å². The van der Waals surface area contributed by atoms with Gasteiger partial charge in [0, 0.05) is 7.11 Å². The summed E-state index contributed by atoms with van der Waals surface area (Å²) in [6.07, 6.45) is 0. The van der Waals surface area contributed by atoms with Gasteiger partial charge in [0.2, 0.25) is 0 Å². The van der Waals surface area contributed by atoms with E-state index in [9.17, 15) is 0 Å². The smallest absolute Gasteiger partial charge is 0.189 e. The van der Waals surface area contributed by atoms with Gasteiger partial charge in [0.25, 0.3) is 0 Å². The first-order valence-corrected chi connectivity index (χ1v) is 4.32. The molecule has 0 N–H and O–H groups in total. The molecule has 56 valence electrons. The van der Waals surface area contributed by atoms with Crippen LogP contribution >= 0.6 is 23.2 Å². The van der Waals surface area contributed by atoms with Gasteiger partial charge in [-0.1, -0.05) is 23.2 Å². The van der Waals surface area contributed by atoms with Crippen molar-refractivity contribution in [2.45, 2.75) is 4.14 Å². The van der Waals surface area contributed by atoms with Crippen LogP contribution in [0.2, 0.25) is 0 Å². The highest BCUT2D eigenvalue weighted by Gasteiger charge is 2.14. The van der Waals surface area contributed by atoms with Gasteiger partial charge in [-0.2, -0.15) is 0 Å². The number of rotatable bonds is 4. The van der Waals surface area contributed by atoms with E-state index in [4.69, 9.17) is 32.7 Å². The fourth-order valence-corrected chi connectivity index (χ4v) is 0.663. The molecule has 0 atom stereocenters. The second-order valence-electron chi connectivity index (χ2n) is 1.65. The zero-order valence-electron chi connectivity index (χ0n) is 5.49. The lowest BCUT2D eigenvalue weighted by Crippen LogP contribution is -2.19. The fraction of sp³-hybridized carbons (Fsp3) is 1.00. The van der Waals surface area contributed by atoms with Gasteiger partial charge in [-0.25, -0.2) is 0 Å². The Morgan fingerprint density at radius 3 is 2.33 bits per heavy atom. The van der Waals surface area contributed by atoms with E-state index in [1.807, 2.05) is 0 Å². The van der Waals surface area contributed by atoms with Gasteiger partial charge >= 0.3 is 0 Å². The minimum Gasteiger partial charge on any atom is -0.382 e. The van der Waals surface area contributed by atoms with Crippen molar-refractivity contribution in [1.29, 1.82) is 0 Å². The molecule has 0 aliphatic rings. The second kappa shape index (κ2) is 4.52. The van der Waals surface area contributed by atoms with E-state index < -0.39 is 4.14 Å². The first-order valence-electron chi connectivity index (χ1n) is 2.57. The zero-order valence-corrected chi connectivity index (χ0v) is 9.00. The maximum Gasteiger partial charge on any atom is 0.189 e. The molecule has 0 amide bonds. The summed E-state index contributed by atoms with van der Waals surface area (Å²) in [6, 6.07) is 0. The third-order valence-electron chi connectivity index (χ3n) is 0.643. The van der Waals surface area contributed by atoms with E-state index in [0.717, 1.165) is 0 Å². The predicted octanol–water partition coefficient (Wildman–Crippen LogP) is 0.104. The van der Waals surface area contributed by atoms with Crippen molar-refractivity contribution in [3.8, 4) is 0 Å². The van der Waals surface area contributed by atoms with Crippen LogP contribution < -0.4 is 0 Å². The van der Waals surface area contributed by atoms with Crippen LogP contribution in [-0.2, 0) is 9.47 Å². The van der Waals surface area contributed by atoms with E-state index in [1.54, 1.807) is 7.11 Å². The lowest BCUT2D eigenvalue weighted by Gasteiger charge is -2.13. The summed E-state index contributed by atoms with van der Waals surface area (Å²) in [7, 11) is 2.20. The van der Waals surface area contributed by atoms with Crippen molar-refractivity contribution in [2.75, 3.05) is 20.3 Å². The zero-order chi connectivity index (χ0) is 7.33. The summed E-state index contributed by atoms with van der Waals surface area (Å²) < 4.78 is 8.70. The highest BCUT2D eigenvalue weighted by Crippen LogP contribution is 2.16. The lowest BCUT2D eigenvalue weighted by molar-refractivity contribution is 0.0667. The average Bonchev–Trinajstić information content (AvgIpc) is 1.63. The molecule has 0 unspecified atom stereocenters. The molecule has 5 heteroatoms. The van der Waals surface area contributed by atoms with Gasteiger partial charge in [-0.3, -0.25) is 0 Å². The summed E-state index contributed by atoms with van der Waals surface area (Å²) >= 11 is 11.0. The van der Waals surface area contributed by atoms with Crippen molar-refractivity contribution >= 4 is 33.4 Å². The maximum absolute atomic E-state index is 5.52. The predicted molar refractivity (Wildman–Crippen MR) is 42.2 cm³/mol. The number of halogens is 2. The molecule has 9 heavy (non-hydrogen) atoms. The van der Waals surface area contributed by atoms with Crippen LogP contribution in [0.1, 0.15) is 0 Å². The molecular weight excluding hydrogens is 179 g/mol. The van der Waals surface area contributed by atoms with Crippen LogP contribution in [0.5, 0.6) is 0 Å². The summed E-state index contributed by atoms with van der Waals surface area (Å²) in [4.78, 5) is 0. The molecule has 0 saturated heterocycles. The van der Waals surface area contributed by atoms with Crippen molar-refractivity contribution < 1.29 is 9.47 Å². The minimum absolute atomic E-state index is 0.451. The normalized spacial score (nSPS) is 12.3. The first-order chi connectivity index (χ1) is 4.06. The van der Waals surface area contributed by atoms with Crippen LogP contribution in [0.25, 0.3) is 0 Å². The molecule has 0 aromatic carbocycles. The largest absolute Gasteiger partial charge is 0.382 e. The molecular formula is C4H10Cl2O2Si. The second-order valence-corrected chi connectivity index (χ2v) is 5.96. The van der Waals surface area contributed by atoms with E-state index in [2.05, 4.69) is 0 Å². The number of hydrogen-bond donors (Lipinski definition) is 0. The maximum atomic E-state index is 5.52. The molecule has 0 spiro atoms. The Hall–Kier alpha value is 0.717. The van der Waals surface area contributed by atoms with Crippen LogP contribution in [0.3, 0.4) is 0 Å². The standard InChI is InChI=1S/C4H10Cl2O2Si/c1-7-2-3-8-4(5,6)9/h2-3H2,1,9H3. The van der Waals surface area contributed by atoms with Gasteiger partial charge in [-0.05, 0) is 0 Å². The van der Waals surface area contributed by atoms with Gasteiger partial charge in [0.1, 0.15) is 0 Å². The van der Waals surface area contributed by atoms with Crippen LogP contribution in [0, 0.1) is 0 Å². The summed E-state index contributed by atoms with van der Waals surface area (Å²) in [6.45, 7) is 0.983. The van der Waals surface area contributed by atoms with Crippen LogP contribution in [0.4, 0.5) is 0 Å². The molecule has 0 fully saturated rings. The van der Waals surface area contributed by atoms with Gasteiger partial charge in [0.05, 0.1) is 23.5 Å². The van der Waals surface area contributed by atoms with E-state index in [0.29, 0.717) is 23.5 Å². The van der Waals surface area contributed by atoms with Crippen molar-refractivity contribution in [3.05, 3.63) is 0 Å². The quantitative estimate of drug-likeness (QED) is 0.355. The Kier molecular flexibility index (Phi) is 4.88. The molecule has 0 aromatic heterocycles. The Labute approximate surface area is 67.8 Å². The Bertz CT molecular complexity index is 73.5. The van der Waals surface area contributed by atoms with E-state index >= 15 is 0 Å². The molecule has 0 radical (unpaired) electrons. The minimum atomic E-state index is -0.946. The SMILES string of the molecule is COCCOC([SiH3])(Cl)Cl. The molecule has 0 aliphatic carbocycles. The Balaban J connectivity index is 3.07. The lowest BCUT2D eigenvalue weighted by atomic mass is 10.8. The summed E-state index contributed by atoms with van der Waals surface area (Å²) in [5, 5.41) is 0. The first kappa shape index (κ1) is 9.72. The Morgan fingerprint density at radius 1 is 1.44 bits per heavy atom. The molecule has 0 aliphatic heterocycles. The third-order valence-corrected chi connectivity index (χ3v) is 1.15. The molecule has 0 aromatic rings. The molecule has 0 heterocycles. The van der Waals surface area contributed by atoms with E-state index in [-0.39, 0.29) is 0 Å². The van der Waals surface area contributed by atoms with Gasteiger partial charge in [0.15, 0.2) is 4.14 Å². The van der Waals surface area contributed by atoms with Gasteiger partial charge in [-0.15, -0.1) is 0 Å². The highest BCUT2D eigenvalue weighted by atomic mass is 35.5.